The van der Waals surface area contributed by atoms with Crippen molar-refractivity contribution in [1.29, 1.82) is 5.26 Å². The third-order valence-electron chi connectivity index (χ3n) is 6.21. The predicted octanol–water partition coefficient (Wildman–Crippen LogP) is 4.12. The molecular weight excluding hydrogens is 485 g/mol. The molecule has 5 rings (SSSR count). The summed E-state index contributed by atoms with van der Waals surface area (Å²) in [4.78, 5) is 32.4. The van der Waals surface area contributed by atoms with E-state index >= 15 is 0 Å². The predicted molar refractivity (Wildman–Crippen MR) is 118 cm³/mol. The number of pyridine rings is 1. The monoisotopic (exact) mass is 500 g/mol. The van der Waals surface area contributed by atoms with Crippen LogP contribution >= 0.6 is 11.6 Å². The third-order valence-corrected chi connectivity index (χ3v) is 6.40. The fraction of sp³-hybridized carbons (Fsp3) is 0.318. The summed E-state index contributed by atoms with van der Waals surface area (Å²) in [6.07, 6.45) is 1.08. The van der Waals surface area contributed by atoms with E-state index in [1.807, 2.05) is 6.07 Å². The Morgan fingerprint density at radius 3 is 2.46 bits per heavy atom. The van der Waals surface area contributed by atoms with E-state index in [9.17, 15) is 23.2 Å². The zero-order valence-electron chi connectivity index (χ0n) is 18.1. The number of halogens is 4. The highest BCUT2D eigenvalue weighted by Crippen LogP contribution is 2.46. The number of rotatable bonds is 4. The van der Waals surface area contributed by atoms with Gasteiger partial charge in [0.05, 0.1) is 11.1 Å². The molecule has 0 aromatic carbocycles. The average Bonchev–Trinajstić information content (AvgIpc) is 3.18. The second-order valence-electron chi connectivity index (χ2n) is 8.26. The van der Waals surface area contributed by atoms with Crippen molar-refractivity contribution in [2.45, 2.75) is 43.8 Å². The molecule has 3 atom stereocenters. The quantitative estimate of drug-likeness (QED) is 0.446. The van der Waals surface area contributed by atoms with Crippen LogP contribution < -0.4 is 5.56 Å². The van der Waals surface area contributed by atoms with Gasteiger partial charge in [-0.25, -0.2) is 19.6 Å². The Kier molecular flexibility index (Phi) is 5.52. The van der Waals surface area contributed by atoms with Crippen LogP contribution in [0.25, 0.3) is 11.0 Å². The molecule has 1 aliphatic carbocycles. The molecule has 0 radical (unpaired) electrons. The van der Waals surface area contributed by atoms with Crippen LogP contribution in [0.1, 0.15) is 66.2 Å². The van der Waals surface area contributed by atoms with E-state index in [2.05, 4.69) is 30.0 Å². The highest BCUT2D eigenvalue weighted by molar-refractivity contribution is 6.30. The molecule has 0 bridgehead atoms. The van der Waals surface area contributed by atoms with Crippen molar-refractivity contribution >= 4 is 22.6 Å². The summed E-state index contributed by atoms with van der Waals surface area (Å²) >= 11 is 5.88. The van der Waals surface area contributed by atoms with Crippen LogP contribution in [-0.4, -0.2) is 34.7 Å². The molecule has 1 saturated carbocycles. The molecule has 35 heavy (non-hydrogen) atoms. The van der Waals surface area contributed by atoms with E-state index in [-0.39, 0.29) is 28.6 Å². The van der Waals surface area contributed by atoms with Crippen molar-refractivity contribution in [1.82, 2.24) is 34.7 Å². The smallest absolute Gasteiger partial charge is 0.310 e. The van der Waals surface area contributed by atoms with Gasteiger partial charge in [-0.05, 0) is 31.4 Å². The molecule has 4 aromatic heterocycles. The second kappa shape index (κ2) is 8.42. The molecular formula is C22H16ClF3N8O. The Balaban J connectivity index is 1.56. The number of fused-ring (bicyclic) bond motifs is 1. The molecule has 3 unspecified atom stereocenters. The van der Waals surface area contributed by atoms with Gasteiger partial charge in [-0.2, -0.15) is 23.5 Å². The number of alkyl halides is 3. The molecule has 1 aliphatic rings. The number of nitriles is 1. The van der Waals surface area contributed by atoms with Crippen LogP contribution in [0.15, 0.2) is 35.5 Å². The summed E-state index contributed by atoms with van der Waals surface area (Å²) in [6, 6.07) is 3.41. The first kappa shape index (κ1) is 22.9. The number of nitrogens with zero attached hydrogens (tertiary/aromatic N) is 7. The maximum absolute atomic E-state index is 13.0. The van der Waals surface area contributed by atoms with Gasteiger partial charge in [0.2, 0.25) is 0 Å². The number of hydrogen-bond donors (Lipinski definition) is 1. The molecule has 0 spiro atoms. The van der Waals surface area contributed by atoms with Crippen LogP contribution in [0.4, 0.5) is 13.2 Å². The summed E-state index contributed by atoms with van der Waals surface area (Å²) in [6.45, 7) is 1.67. The van der Waals surface area contributed by atoms with Gasteiger partial charge >= 0.3 is 6.18 Å². The SMILES string of the molecule is CC(c1ccc(C(F)(F)F)nc1)n1nc(C#N)c2c(=O)[nH]c(C3CCC3c3ncc(Cl)cn3)nc21. The normalized spacial score (nSPS) is 18.7. The highest BCUT2D eigenvalue weighted by Gasteiger charge is 2.38. The molecule has 0 amide bonds. The van der Waals surface area contributed by atoms with Crippen molar-refractivity contribution < 1.29 is 13.2 Å². The summed E-state index contributed by atoms with van der Waals surface area (Å²) < 4.78 is 40.1. The highest BCUT2D eigenvalue weighted by atomic mass is 35.5. The molecule has 178 valence electrons. The van der Waals surface area contributed by atoms with Gasteiger partial charge in [0.1, 0.15) is 28.8 Å². The molecule has 9 nitrogen and oxygen atoms in total. The zero-order valence-corrected chi connectivity index (χ0v) is 18.8. The molecule has 0 saturated heterocycles. The average molecular weight is 501 g/mol. The van der Waals surface area contributed by atoms with Gasteiger partial charge in [-0.3, -0.25) is 9.78 Å². The van der Waals surface area contributed by atoms with Gasteiger partial charge in [0.25, 0.3) is 5.56 Å². The minimum atomic E-state index is -4.56. The van der Waals surface area contributed by atoms with E-state index in [0.717, 1.165) is 25.1 Å². The lowest BCUT2D eigenvalue weighted by Crippen LogP contribution is -2.28. The summed E-state index contributed by atoms with van der Waals surface area (Å²) in [5.41, 5.74) is -1.10. The van der Waals surface area contributed by atoms with Gasteiger partial charge in [-0.1, -0.05) is 17.7 Å². The van der Waals surface area contributed by atoms with Crippen molar-refractivity contribution in [3.8, 4) is 6.07 Å². The lowest BCUT2D eigenvalue weighted by Gasteiger charge is -2.34. The van der Waals surface area contributed by atoms with Crippen LogP contribution in [0, 0.1) is 11.3 Å². The molecule has 13 heteroatoms. The Bertz CT molecular complexity index is 1510. The molecule has 4 aromatic rings. The molecule has 4 heterocycles. The van der Waals surface area contributed by atoms with Gasteiger partial charge in [-0.15, -0.1) is 0 Å². The molecule has 1 N–H and O–H groups in total. The first-order chi connectivity index (χ1) is 16.7. The van der Waals surface area contributed by atoms with E-state index in [1.165, 1.54) is 23.1 Å². The van der Waals surface area contributed by atoms with Crippen molar-refractivity contribution in [3.63, 3.8) is 0 Å². The Morgan fingerprint density at radius 2 is 1.89 bits per heavy atom. The number of nitrogens with one attached hydrogen (secondary N) is 1. The maximum atomic E-state index is 13.0. The van der Waals surface area contributed by atoms with Gasteiger partial charge in [0, 0.05) is 30.4 Å². The fourth-order valence-electron chi connectivity index (χ4n) is 4.20. The fourth-order valence-corrected chi connectivity index (χ4v) is 4.30. The minimum Gasteiger partial charge on any atom is -0.310 e. The molecule has 1 fully saturated rings. The number of hydrogen-bond acceptors (Lipinski definition) is 7. The Morgan fingerprint density at radius 1 is 1.17 bits per heavy atom. The Hall–Kier alpha value is -3.85. The zero-order chi connectivity index (χ0) is 24.9. The third kappa shape index (κ3) is 4.01. The van der Waals surface area contributed by atoms with E-state index < -0.39 is 23.5 Å². The first-order valence-electron chi connectivity index (χ1n) is 10.6. The largest absolute Gasteiger partial charge is 0.433 e. The maximum Gasteiger partial charge on any atom is 0.433 e. The Labute approximate surface area is 200 Å². The van der Waals surface area contributed by atoms with Crippen molar-refractivity contribution in [2.24, 2.45) is 0 Å². The second-order valence-corrected chi connectivity index (χ2v) is 8.69. The standard InChI is InChI=1S/C22H16ClF3N8O/c1-10(11-2-5-16(28-7-11)22(24,25)26)34-20-17(15(6-27)33-34)21(35)32-19(31-20)14-4-3-13(14)18-29-8-12(23)9-30-18/h2,5,7-10,13-14H,3-4H2,1H3,(H,31,32,35). The lowest BCUT2D eigenvalue weighted by atomic mass is 9.72. The van der Waals surface area contributed by atoms with Crippen LogP contribution in [0.2, 0.25) is 5.02 Å². The summed E-state index contributed by atoms with van der Waals surface area (Å²) in [7, 11) is 0. The number of H-pyrrole nitrogens is 1. The first-order valence-corrected chi connectivity index (χ1v) is 11.0. The molecule has 0 aliphatic heterocycles. The van der Waals surface area contributed by atoms with Gasteiger partial charge in [0.15, 0.2) is 11.3 Å². The van der Waals surface area contributed by atoms with Crippen molar-refractivity contribution in [2.75, 3.05) is 0 Å². The topological polar surface area (TPSA) is 126 Å². The number of aromatic amines is 1. The van der Waals surface area contributed by atoms with Crippen LogP contribution in [0.5, 0.6) is 0 Å². The summed E-state index contributed by atoms with van der Waals surface area (Å²) in [5, 5.41) is 14.2. The number of aromatic nitrogens is 7. The van der Waals surface area contributed by atoms with Crippen molar-refractivity contribution in [3.05, 3.63) is 74.7 Å². The van der Waals surface area contributed by atoms with Crippen LogP contribution in [0.3, 0.4) is 0 Å². The minimum absolute atomic E-state index is 0.0154. The van der Waals surface area contributed by atoms with Gasteiger partial charge < -0.3 is 4.98 Å². The van der Waals surface area contributed by atoms with E-state index in [1.54, 1.807) is 6.92 Å². The lowest BCUT2D eigenvalue weighted by molar-refractivity contribution is -0.141. The van der Waals surface area contributed by atoms with Crippen LogP contribution in [-0.2, 0) is 6.18 Å². The van der Waals surface area contributed by atoms with E-state index in [4.69, 9.17) is 11.6 Å². The summed E-state index contributed by atoms with van der Waals surface area (Å²) in [5.74, 6) is 0.755. The van der Waals surface area contributed by atoms with E-state index in [0.29, 0.717) is 22.2 Å².